The van der Waals surface area contributed by atoms with Crippen molar-refractivity contribution in [2.45, 2.75) is 90.6 Å². The number of ether oxygens (including phenoxy) is 4. The van der Waals surface area contributed by atoms with Crippen LogP contribution in [0.5, 0.6) is 5.75 Å². The molecule has 4 aromatic rings. The number of benzene rings is 2. The number of aromatic nitrogens is 3. The topological polar surface area (TPSA) is 92.7 Å². The Hall–Kier alpha value is -3.46. The Balaban J connectivity index is 1.23. The van der Waals surface area contributed by atoms with Crippen molar-refractivity contribution in [3.63, 3.8) is 0 Å². The molecule has 0 saturated carbocycles. The smallest absolute Gasteiger partial charge is 0.250 e. The second kappa shape index (κ2) is 15.6. The summed E-state index contributed by atoms with van der Waals surface area (Å²) in [6, 6.07) is 20.6. The Morgan fingerprint density at radius 1 is 1.04 bits per heavy atom. The third kappa shape index (κ3) is 8.92. The fraction of sp³-hybridized carbons (Fsp3) is 0.514. The molecule has 0 radical (unpaired) electrons. The van der Waals surface area contributed by atoms with E-state index in [0.29, 0.717) is 45.3 Å². The van der Waals surface area contributed by atoms with Gasteiger partial charge in [-0.05, 0) is 74.1 Å². The molecule has 1 saturated heterocycles. The molecule has 0 bridgehead atoms. The normalized spacial score (nSPS) is 16.3. The van der Waals surface area contributed by atoms with Crippen molar-refractivity contribution < 1.29 is 23.4 Å². The first kappa shape index (κ1) is 34.9. The number of nitriles is 1. The fourth-order valence-electron chi connectivity index (χ4n) is 5.39. The van der Waals surface area contributed by atoms with E-state index in [9.17, 15) is 5.26 Å². The van der Waals surface area contributed by atoms with Gasteiger partial charge in [0.15, 0.2) is 6.23 Å². The molecule has 3 heterocycles. The minimum Gasteiger partial charge on any atom is -0.543 e. The Morgan fingerprint density at radius 3 is 2.55 bits per heavy atom. The van der Waals surface area contributed by atoms with Crippen molar-refractivity contribution in [2.75, 3.05) is 33.0 Å². The molecule has 10 heteroatoms. The summed E-state index contributed by atoms with van der Waals surface area (Å²) in [7, 11) is -2.04. The molecule has 2 atom stereocenters. The molecule has 1 aliphatic heterocycles. The Kier molecular flexibility index (Phi) is 11.6. The van der Waals surface area contributed by atoms with E-state index < -0.39 is 8.32 Å². The number of hydrogen-bond donors (Lipinski definition) is 0. The van der Waals surface area contributed by atoms with Crippen molar-refractivity contribution in [1.29, 1.82) is 5.26 Å². The summed E-state index contributed by atoms with van der Waals surface area (Å²) in [5.74, 6) is 0.849. The molecule has 1 aliphatic rings. The molecule has 9 nitrogen and oxygen atoms in total. The van der Waals surface area contributed by atoms with E-state index >= 15 is 0 Å². The van der Waals surface area contributed by atoms with Crippen molar-refractivity contribution in [3.05, 3.63) is 72.1 Å². The van der Waals surface area contributed by atoms with E-state index in [1.165, 1.54) is 0 Å². The van der Waals surface area contributed by atoms with Crippen LogP contribution < -0.4 is 4.43 Å². The second-order valence-corrected chi connectivity index (χ2v) is 18.6. The molecular formula is C37H50N4O5Si. The zero-order valence-electron chi connectivity index (χ0n) is 28.8. The molecule has 1 fully saturated rings. The zero-order valence-corrected chi connectivity index (χ0v) is 29.8. The summed E-state index contributed by atoms with van der Waals surface area (Å²) in [4.78, 5) is 0. The average Bonchev–Trinajstić information content (AvgIpc) is 3.64. The van der Waals surface area contributed by atoms with Gasteiger partial charge in [-0.25, -0.2) is 4.68 Å². The van der Waals surface area contributed by atoms with Crippen LogP contribution in [-0.2, 0) is 32.1 Å². The molecule has 252 valence electrons. The predicted molar refractivity (Wildman–Crippen MR) is 187 cm³/mol. The maximum atomic E-state index is 9.99. The van der Waals surface area contributed by atoms with Gasteiger partial charge < -0.3 is 27.9 Å². The first-order chi connectivity index (χ1) is 22.6. The molecule has 47 heavy (non-hydrogen) atoms. The Labute approximate surface area is 280 Å². The first-order valence-electron chi connectivity index (χ1n) is 16.8. The monoisotopic (exact) mass is 658 g/mol. The second-order valence-electron chi connectivity index (χ2n) is 13.9. The van der Waals surface area contributed by atoms with Crippen molar-refractivity contribution >= 4 is 19.2 Å². The van der Waals surface area contributed by atoms with E-state index in [1.54, 1.807) is 0 Å². The van der Waals surface area contributed by atoms with Crippen molar-refractivity contribution in [2.24, 2.45) is 0 Å². The molecular weight excluding hydrogens is 609 g/mol. The van der Waals surface area contributed by atoms with Crippen LogP contribution in [0.25, 0.3) is 22.2 Å². The predicted octanol–water partition coefficient (Wildman–Crippen LogP) is 8.10. The van der Waals surface area contributed by atoms with Gasteiger partial charge in [-0.15, -0.1) is 0 Å². The lowest BCUT2D eigenvalue weighted by molar-refractivity contribution is -0.0365. The van der Waals surface area contributed by atoms with Gasteiger partial charge >= 0.3 is 0 Å². The van der Waals surface area contributed by atoms with E-state index in [1.807, 2.05) is 46.6 Å². The zero-order chi connectivity index (χ0) is 33.4. The molecule has 2 unspecified atom stereocenters. The van der Waals surface area contributed by atoms with Crippen molar-refractivity contribution in [1.82, 2.24) is 14.3 Å². The van der Waals surface area contributed by atoms with Crippen LogP contribution in [0, 0.1) is 11.3 Å². The maximum Gasteiger partial charge on any atom is 0.250 e. The molecule has 0 amide bonds. The minimum absolute atomic E-state index is 0.00869. The van der Waals surface area contributed by atoms with Crippen LogP contribution in [0.3, 0.4) is 0 Å². The molecule has 0 aliphatic carbocycles. The van der Waals surface area contributed by atoms with Gasteiger partial charge in [-0.1, -0.05) is 51.1 Å². The SMILES string of the molecule is CC(COCCOCCn1cc(-c2nn(C3CCCCO3)c3ccc(O[Si](C)(C)C(C)(C)C)cc23)cc1C#N)OCc1ccccc1. The molecule has 0 N–H and O–H groups in total. The highest BCUT2D eigenvalue weighted by Gasteiger charge is 2.39. The minimum atomic E-state index is -2.04. The number of fused-ring (bicyclic) bond motifs is 1. The number of rotatable bonds is 15. The van der Waals surface area contributed by atoms with Gasteiger partial charge in [0.2, 0.25) is 8.32 Å². The highest BCUT2D eigenvalue weighted by atomic mass is 28.4. The summed E-state index contributed by atoms with van der Waals surface area (Å²) in [6.45, 7) is 17.0. The Bertz CT molecular complexity index is 1630. The molecule has 2 aromatic carbocycles. The van der Waals surface area contributed by atoms with Gasteiger partial charge in [-0.3, -0.25) is 0 Å². The first-order valence-corrected chi connectivity index (χ1v) is 19.7. The van der Waals surface area contributed by atoms with Gasteiger partial charge in [0.1, 0.15) is 23.2 Å². The largest absolute Gasteiger partial charge is 0.543 e. The fourth-order valence-corrected chi connectivity index (χ4v) is 6.41. The van der Waals surface area contributed by atoms with Crippen LogP contribution >= 0.6 is 0 Å². The van der Waals surface area contributed by atoms with Gasteiger partial charge in [0, 0.05) is 30.3 Å². The summed E-state index contributed by atoms with van der Waals surface area (Å²) in [5, 5.41) is 16.2. The van der Waals surface area contributed by atoms with E-state index in [0.717, 1.165) is 59.3 Å². The Morgan fingerprint density at radius 2 is 1.83 bits per heavy atom. The lowest BCUT2D eigenvalue weighted by atomic mass is 10.1. The molecule has 2 aromatic heterocycles. The van der Waals surface area contributed by atoms with E-state index in [4.69, 9.17) is 28.5 Å². The number of hydrogen-bond acceptors (Lipinski definition) is 7. The maximum absolute atomic E-state index is 9.99. The molecule has 0 spiro atoms. The van der Waals surface area contributed by atoms with Crippen LogP contribution in [0.1, 0.15) is 64.4 Å². The van der Waals surface area contributed by atoms with Gasteiger partial charge in [0.25, 0.3) is 0 Å². The van der Waals surface area contributed by atoms with Crippen molar-refractivity contribution in [3.8, 4) is 23.1 Å². The van der Waals surface area contributed by atoms with Gasteiger partial charge in [-0.2, -0.15) is 10.4 Å². The van der Waals surface area contributed by atoms with Crippen LogP contribution in [0.15, 0.2) is 60.8 Å². The standard InChI is InChI=1S/C37H50N4O5Si/c1-28(45-27-29-12-8-7-9-13-29)26-43-21-20-42-19-17-40-25-30(22-31(40)24-38)36-33-23-32(46-47(5,6)37(2,3)4)15-16-34(33)41(39-36)35-14-10-11-18-44-35/h7-9,12-13,15-16,22-23,25,28,35H,10-11,14,17-21,26-27H2,1-6H3. The molecule has 5 rings (SSSR count). The lowest BCUT2D eigenvalue weighted by Crippen LogP contribution is -2.43. The summed E-state index contributed by atoms with van der Waals surface area (Å²) < 4.78 is 34.3. The lowest BCUT2D eigenvalue weighted by Gasteiger charge is -2.36. The third-order valence-corrected chi connectivity index (χ3v) is 13.5. The van der Waals surface area contributed by atoms with E-state index in [-0.39, 0.29) is 17.4 Å². The highest BCUT2D eigenvalue weighted by molar-refractivity contribution is 6.74. The number of nitrogens with zero attached hydrogens (tertiary/aromatic N) is 4. The average molecular weight is 659 g/mol. The van der Waals surface area contributed by atoms with E-state index in [2.05, 4.69) is 70.3 Å². The van der Waals surface area contributed by atoms with Crippen LogP contribution in [0.2, 0.25) is 18.1 Å². The summed E-state index contributed by atoms with van der Waals surface area (Å²) in [5.41, 5.74) is 4.42. The van der Waals surface area contributed by atoms with Gasteiger partial charge in [0.05, 0.1) is 44.7 Å². The van der Waals surface area contributed by atoms with Crippen LogP contribution in [0.4, 0.5) is 0 Å². The summed E-state index contributed by atoms with van der Waals surface area (Å²) >= 11 is 0. The highest BCUT2D eigenvalue weighted by Crippen LogP contribution is 2.40. The summed E-state index contributed by atoms with van der Waals surface area (Å²) in [6.07, 6.45) is 4.97. The third-order valence-electron chi connectivity index (χ3n) is 9.15. The van der Waals surface area contributed by atoms with Crippen LogP contribution in [-0.4, -0.2) is 61.8 Å². The quantitative estimate of drug-likeness (QED) is 0.0941.